The highest BCUT2D eigenvalue weighted by atomic mass is 16.2. The number of hydrogen-bond acceptors (Lipinski definition) is 2. The Morgan fingerprint density at radius 2 is 2.00 bits per heavy atom. The molecule has 2 amide bonds. The maximum absolute atomic E-state index is 12.0. The van der Waals surface area contributed by atoms with E-state index >= 15 is 0 Å². The second-order valence-electron chi connectivity index (χ2n) is 5.41. The van der Waals surface area contributed by atoms with Gasteiger partial charge in [0, 0.05) is 18.1 Å². The van der Waals surface area contributed by atoms with Gasteiger partial charge in [-0.3, -0.25) is 4.98 Å². The third-order valence-electron chi connectivity index (χ3n) is 3.56. The van der Waals surface area contributed by atoms with Gasteiger partial charge in [-0.15, -0.1) is 0 Å². The van der Waals surface area contributed by atoms with Gasteiger partial charge in [0.15, 0.2) is 0 Å². The second kappa shape index (κ2) is 8.17. The quantitative estimate of drug-likeness (QED) is 0.835. The summed E-state index contributed by atoms with van der Waals surface area (Å²) in [6.45, 7) is 4.12. The van der Waals surface area contributed by atoms with E-state index in [4.69, 9.17) is 0 Å². The average molecular weight is 297 g/mol. The largest absolute Gasteiger partial charge is 0.331 e. The minimum Gasteiger partial charge on any atom is -0.331 e. The Bertz CT molecular complexity index is 581. The van der Waals surface area contributed by atoms with Crippen LogP contribution < -0.4 is 10.6 Å². The first-order chi connectivity index (χ1) is 10.7. The van der Waals surface area contributed by atoms with Gasteiger partial charge in [-0.1, -0.05) is 31.5 Å². The summed E-state index contributed by atoms with van der Waals surface area (Å²) in [6, 6.07) is 11.5. The number of hydrogen-bond donors (Lipinski definition) is 2. The van der Waals surface area contributed by atoms with Gasteiger partial charge in [-0.05, 0) is 49.1 Å². The number of amides is 2. The Labute approximate surface area is 132 Å². The van der Waals surface area contributed by atoms with Gasteiger partial charge in [-0.2, -0.15) is 0 Å². The van der Waals surface area contributed by atoms with Gasteiger partial charge in [0.1, 0.15) is 0 Å². The first-order valence-electron chi connectivity index (χ1n) is 7.75. The Hall–Kier alpha value is -2.36. The summed E-state index contributed by atoms with van der Waals surface area (Å²) in [5.74, 6) is 0. The zero-order valence-corrected chi connectivity index (χ0v) is 13.2. The Morgan fingerprint density at radius 1 is 1.23 bits per heavy atom. The molecule has 2 aromatic rings. The molecule has 4 heteroatoms. The number of nitrogens with zero attached hydrogens (tertiary/aromatic N) is 1. The van der Waals surface area contributed by atoms with E-state index in [1.165, 1.54) is 18.4 Å². The van der Waals surface area contributed by atoms with Crippen molar-refractivity contribution in [3.63, 3.8) is 0 Å². The standard InChI is InChI=1S/C18H23N3O/c1-3-4-6-15-8-10-17(11-9-15)21-18(22)20-14(2)16-7-5-12-19-13-16/h5,7-14H,3-4,6H2,1-2H3,(H2,20,21,22). The van der Waals surface area contributed by atoms with Crippen molar-refractivity contribution >= 4 is 11.7 Å². The molecule has 0 spiro atoms. The highest BCUT2D eigenvalue weighted by Crippen LogP contribution is 2.13. The Balaban J connectivity index is 1.86. The molecule has 0 aliphatic rings. The van der Waals surface area contributed by atoms with Gasteiger partial charge < -0.3 is 10.6 Å². The number of pyridine rings is 1. The third kappa shape index (κ3) is 4.88. The molecule has 2 rings (SSSR count). The molecule has 2 N–H and O–H groups in total. The molecule has 1 aromatic carbocycles. The van der Waals surface area contributed by atoms with Crippen LogP contribution in [0.5, 0.6) is 0 Å². The summed E-state index contributed by atoms with van der Waals surface area (Å²) in [5.41, 5.74) is 3.08. The predicted octanol–water partition coefficient (Wildman–Crippen LogP) is 4.31. The summed E-state index contributed by atoms with van der Waals surface area (Å²) in [4.78, 5) is 16.1. The molecular weight excluding hydrogens is 274 g/mol. The lowest BCUT2D eigenvalue weighted by Crippen LogP contribution is -2.31. The van der Waals surface area contributed by atoms with Crippen LogP contribution in [0.3, 0.4) is 0 Å². The van der Waals surface area contributed by atoms with Gasteiger partial charge in [0.05, 0.1) is 6.04 Å². The molecule has 0 fully saturated rings. The van der Waals surface area contributed by atoms with Crippen LogP contribution in [0.15, 0.2) is 48.8 Å². The van der Waals surface area contributed by atoms with Crippen molar-refractivity contribution in [2.45, 2.75) is 39.2 Å². The van der Waals surface area contributed by atoms with Gasteiger partial charge in [-0.25, -0.2) is 4.79 Å². The lowest BCUT2D eigenvalue weighted by Gasteiger charge is -2.14. The molecule has 1 aromatic heterocycles. The van der Waals surface area contributed by atoms with Crippen molar-refractivity contribution < 1.29 is 4.79 Å². The van der Waals surface area contributed by atoms with Crippen LogP contribution in [-0.4, -0.2) is 11.0 Å². The van der Waals surface area contributed by atoms with E-state index in [9.17, 15) is 4.79 Å². The van der Waals surface area contributed by atoms with E-state index < -0.39 is 0 Å². The predicted molar refractivity (Wildman–Crippen MR) is 89.9 cm³/mol. The number of urea groups is 1. The smallest absolute Gasteiger partial charge is 0.319 e. The molecule has 0 radical (unpaired) electrons. The van der Waals surface area contributed by atoms with Crippen LogP contribution in [0.25, 0.3) is 0 Å². The normalized spacial score (nSPS) is 11.7. The number of anilines is 1. The second-order valence-corrected chi connectivity index (χ2v) is 5.41. The van der Waals surface area contributed by atoms with Crippen molar-refractivity contribution in [1.29, 1.82) is 0 Å². The third-order valence-corrected chi connectivity index (χ3v) is 3.56. The molecule has 0 aliphatic carbocycles. The summed E-state index contributed by atoms with van der Waals surface area (Å²) in [7, 11) is 0. The molecule has 0 saturated heterocycles. The van der Waals surface area contributed by atoms with Crippen LogP contribution in [0.1, 0.15) is 43.9 Å². The van der Waals surface area contributed by atoms with Crippen molar-refractivity contribution in [2.24, 2.45) is 0 Å². The van der Waals surface area contributed by atoms with E-state index in [1.54, 1.807) is 12.4 Å². The lowest BCUT2D eigenvalue weighted by molar-refractivity contribution is 0.249. The molecule has 4 nitrogen and oxygen atoms in total. The Morgan fingerprint density at radius 3 is 2.64 bits per heavy atom. The van der Waals surface area contributed by atoms with Crippen LogP contribution in [0.2, 0.25) is 0 Å². The molecular formula is C18H23N3O. The Kier molecular flexibility index (Phi) is 5.95. The van der Waals surface area contributed by atoms with Gasteiger partial charge in [0.25, 0.3) is 0 Å². The average Bonchev–Trinajstić information content (AvgIpc) is 2.55. The summed E-state index contributed by atoms with van der Waals surface area (Å²) < 4.78 is 0. The number of carbonyl (C=O) groups is 1. The molecule has 1 unspecified atom stereocenters. The van der Waals surface area contributed by atoms with E-state index in [1.807, 2.05) is 31.2 Å². The molecule has 0 saturated carbocycles. The van der Waals surface area contributed by atoms with Crippen LogP contribution in [0.4, 0.5) is 10.5 Å². The molecule has 0 bridgehead atoms. The molecule has 22 heavy (non-hydrogen) atoms. The van der Waals surface area contributed by atoms with Crippen LogP contribution in [-0.2, 0) is 6.42 Å². The zero-order chi connectivity index (χ0) is 15.8. The maximum atomic E-state index is 12.0. The number of aryl methyl sites for hydroxylation is 1. The van der Waals surface area contributed by atoms with Gasteiger partial charge in [0.2, 0.25) is 0 Å². The summed E-state index contributed by atoms with van der Waals surface area (Å²) in [6.07, 6.45) is 6.94. The monoisotopic (exact) mass is 297 g/mol. The summed E-state index contributed by atoms with van der Waals surface area (Å²) >= 11 is 0. The van der Waals surface area contributed by atoms with Crippen LogP contribution >= 0.6 is 0 Å². The SMILES string of the molecule is CCCCc1ccc(NC(=O)NC(C)c2cccnc2)cc1. The molecule has 1 atom stereocenters. The fraction of sp³-hybridized carbons (Fsp3) is 0.333. The van der Waals surface area contributed by atoms with Crippen LogP contribution in [0, 0.1) is 0 Å². The first-order valence-corrected chi connectivity index (χ1v) is 7.75. The highest BCUT2D eigenvalue weighted by Gasteiger charge is 2.09. The molecule has 1 heterocycles. The fourth-order valence-corrected chi connectivity index (χ4v) is 2.21. The summed E-state index contributed by atoms with van der Waals surface area (Å²) in [5, 5.41) is 5.76. The minimum atomic E-state index is -0.210. The number of rotatable bonds is 6. The number of aromatic nitrogens is 1. The highest BCUT2D eigenvalue weighted by molar-refractivity contribution is 5.89. The molecule has 0 aliphatic heterocycles. The van der Waals surface area contributed by atoms with Gasteiger partial charge >= 0.3 is 6.03 Å². The van der Waals surface area contributed by atoms with E-state index in [0.717, 1.165) is 17.7 Å². The first kappa shape index (κ1) is 16.0. The van der Waals surface area contributed by atoms with Crippen molar-refractivity contribution in [1.82, 2.24) is 10.3 Å². The molecule has 116 valence electrons. The van der Waals surface area contributed by atoms with Crippen molar-refractivity contribution in [3.8, 4) is 0 Å². The number of carbonyl (C=O) groups excluding carboxylic acids is 1. The van der Waals surface area contributed by atoms with Crippen molar-refractivity contribution in [3.05, 3.63) is 59.9 Å². The van der Waals surface area contributed by atoms with E-state index in [2.05, 4.69) is 34.7 Å². The minimum absolute atomic E-state index is 0.0856. The van der Waals surface area contributed by atoms with E-state index in [-0.39, 0.29) is 12.1 Å². The maximum Gasteiger partial charge on any atom is 0.319 e. The number of unbranched alkanes of at least 4 members (excludes halogenated alkanes) is 1. The van der Waals surface area contributed by atoms with E-state index in [0.29, 0.717) is 0 Å². The fourth-order valence-electron chi connectivity index (χ4n) is 2.21. The van der Waals surface area contributed by atoms with Crippen molar-refractivity contribution in [2.75, 3.05) is 5.32 Å². The zero-order valence-electron chi connectivity index (χ0n) is 13.2. The lowest BCUT2D eigenvalue weighted by atomic mass is 10.1. The topological polar surface area (TPSA) is 54.0 Å². The number of benzene rings is 1. The number of nitrogens with one attached hydrogen (secondary N) is 2.